The maximum absolute atomic E-state index is 12.8. The summed E-state index contributed by atoms with van der Waals surface area (Å²) in [4.78, 5) is 44.6. The van der Waals surface area contributed by atoms with Gasteiger partial charge < -0.3 is 25.5 Å². The molecular weight excluding hydrogens is 745 g/mol. The second kappa shape index (κ2) is 20.6. The van der Waals surface area contributed by atoms with Crippen LogP contribution in [0.1, 0.15) is 39.9 Å². The molecule has 298 valence electrons. The molecule has 0 bridgehead atoms. The van der Waals surface area contributed by atoms with E-state index in [1.54, 1.807) is 0 Å². The van der Waals surface area contributed by atoms with E-state index in [0.717, 1.165) is 77.2 Å². The standard InChI is InChI=1S/C29H35N3O.3C2HF3O2/c33-29(26-11-10-23-12-14-30-15-13-25(23)21-26)9-4-16-31-17-19-32(20-18-31)22-27-7-3-6-24-5-1-2-8-28(24)27;3*3-2(4,5)1(6)7/h1-3,5-8,10-11,21,30H,4,9,12-20,22H2;3*(H,6,7). The Bertz CT molecular complexity index is 1640. The van der Waals surface area contributed by atoms with Crippen LogP contribution in [0.5, 0.6) is 0 Å². The Kier molecular flexibility index (Phi) is 17.4. The SMILES string of the molecule is O=C(CCCN1CCN(Cc2cccc3ccccc23)CC1)c1ccc2c(c1)CCNCC2.O=C(O)C(F)(F)F.O=C(O)C(F)(F)F.O=C(O)C(F)(F)F. The van der Waals surface area contributed by atoms with E-state index in [2.05, 4.69) is 69.7 Å². The lowest BCUT2D eigenvalue weighted by atomic mass is 9.97. The van der Waals surface area contributed by atoms with Gasteiger partial charge in [0.25, 0.3) is 0 Å². The first-order valence-electron chi connectivity index (χ1n) is 16.3. The van der Waals surface area contributed by atoms with Crippen LogP contribution in [0.4, 0.5) is 39.5 Å². The van der Waals surface area contributed by atoms with Crippen molar-refractivity contribution in [1.82, 2.24) is 15.1 Å². The molecule has 3 aromatic carbocycles. The lowest BCUT2D eigenvalue weighted by Gasteiger charge is -2.34. The van der Waals surface area contributed by atoms with Crippen molar-refractivity contribution in [3.63, 3.8) is 0 Å². The number of rotatable bonds is 7. The van der Waals surface area contributed by atoms with Crippen LogP contribution in [-0.2, 0) is 33.8 Å². The van der Waals surface area contributed by atoms with E-state index >= 15 is 0 Å². The summed E-state index contributed by atoms with van der Waals surface area (Å²) in [5.41, 5.74) is 5.07. The molecule has 0 radical (unpaired) electrons. The smallest absolute Gasteiger partial charge is 0.475 e. The molecule has 4 N–H and O–H groups in total. The number of nitrogens with one attached hydrogen (secondary N) is 1. The molecule has 54 heavy (non-hydrogen) atoms. The van der Waals surface area contributed by atoms with E-state index in [1.165, 1.54) is 27.5 Å². The Balaban J connectivity index is 0.000000393. The van der Waals surface area contributed by atoms with Crippen molar-refractivity contribution in [2.75, 3.05) is 45.8 Å². The number of alkyl halides is 9. The number of benzene rings is 3. The summed E-state index contributed by atoms with van der Waals surface area (Å²) in [6, 6.07) is 21.7. The van der Waals surface area contributed by atoms with Crippen LogP contribution in [0.2, 0.25) is 0 Å². The second-order valence-corrected chi connectivity index (χ2v) is 11.9. The Morgan fingerprint density at radius 3 is 1.65 bits per heavy atom. The van der Waals surface area contributed by atoms with E-state index in [-0.39, 0.29) is 0 Å². The summed E-state index contributed by atoms with van der Waals surface area (Å²) >= 11 is 0. The molecule has 2 aliphatic rings. The first kappa shape index (κ1) is 45.4. The van der Waals surface area contributed by atoms with Gasteiger partial charge in [-0.3, -0.25) is 9.69 Å². The number of carboxylic acids is 3. The van der Waals surface area contributed by atoms with Gasteiger partial charge in [-0.2, -0.15) is 39.5 Å². The van der Waals surface area contributed by atoms with Gasteiger partial charge in [-0.05, 0) is 72.4 Å². The fraction of sp³-hybridized carbons (Fsp3) is 0.429. The number of piperazine rings is 1. The zero-order chi connectivity index (χ0) is 40.7. The molecule has 0 amide bonds. The normalized spacial score (nSPS) is 15.1. The van der Waals surface area contributed by atoms with Gasteiger partial charge in [0.05, 0.1) is 0 Å². The highest BCUT2D eigenvalue weighted by Gasteiger charge is 2.39. The van der Waals surface area contributed by atoms with Gasteiger partial charge >= 0.3 is 36.4 Å². The van der Waals surface area contributed by atoms with Gasteiger partial charge in [0.15, 0.2) is 5.78 Å². The predicted octanol–water partition coefficient (Wildman–Crippen LogP) is 6.21. The molecule has 19 heteroatoms. The first-order chi connectivity index (χ1) is 25.1. The average molecular weight is 784 g/mol. The van der Waals surface area contributed by atoms with Crippen molar-refractivity contribution < 1.29 is 74.0 Å². The van der Waals surface area contributed by atoms with Crippen molar-refractivity contribution >= 4 is 34.5 Å². The Hall–Kier alpha value is -4.75. The second-order valence-electron chi connectivity index (χ2n) is 11.9. The highest BCUT2D eigenvalue weighted by atomic mass is 19.4. The van der Waals surface area contributed by atoms with Crippen molar-refractivity contribution in [2.45, 2.75) is 50.8 Å². The van der Waals surface area contributed by atoms with Crippen molar-refractivity contribution in [2.24, 2.45) is 0 Å². The molecule has 2 aliphatic heterocycles. The third-order valence-electron chi connectivity index (χ3n) is 8.01. The Labute approximate surface area is 303 Å². The average Bonchev–Trinajstić information content (AvgIpc) is 3.34. The third-order valence-corrected chi connectivity index (χ3v) is 8.01. The van der Waals surface area contributed by atoms with Crippen LogP contribution in [0, 0.1) is 0 Å². The molecule has 10 nitrogen and oxygen atoms in total. The summed E-state index contributed by atoms with van der Waals surface area (Å²) in [6.45, 7) is 8.44. The lowest BCUT2D eigenvalue weighted by Crippen LogP contribution is -2.46. The topological polar surface area (TPSA) is 147 Å². The largest absolute Gasteiger partial charge is 0.490 e. The molecule has 0 spiro atoms. The summed E-state index contributed by atoms with van der Waals surface area (Å²) in [5, 5.41) is 27.5. The number of aliphatic carboxylic acids is 3. The first-order valence-corrected chi connectivity index (χ1v) is 16.3. The number of ketones is 1. The molecule has 0 saturated carbocycles. The molecule has 5 rings (SSSR count). The molecule has 2 heterocycles. The highest BCUT2D eigenvalue weighted by Crippen LogP contribution is 2.21. The molecule has 0 aromatic heterocycles. The minimum atomic E-state index is -5.08. The van der Waals surface area contributed by atoms with Gasteiger partial charge in [0.1, 0.15) is 0 Å². The summed E-state index contributed by atoms with van der Waals surface area (Å²) < 4.78 is 95.2. The predicted molar refractivity (Wildman–Crippen MR) is 177 cm³/mol. The van der Waals surface area contributed by atoms with Crippen LogP contribution in [0.25, 0.3) is 10.8 Å². The van der Waals surface area contributed by atoms with Crippen LogP contribution in [0.3, 0.4) is 0 Å². The third kappa shape index (κ3) is 16.1. The fourth-order valence-corrected chi connectivity index (χ4v) is 5.30. The van der Waals surface area contributed by atoms with Gasteiger partial charge in [-0.1, -0.05) is 54.6 Å². The van der Waals surface area contributed by atoms with Crippen LogP contribution >= 0.6 is 0 Å². The summed E-state index contributed by atoms with van der Waals surface area (Å²) in [5.74, 6) is -7.97. The minimum absolute atomic E-state index is 0.296. The molecule has 0 atom stereocenters. The van der Waals surface area contributed by atoms with Crippen LogP contribution in [-0.4, -0.2) is 113 Å². The molecule has 0 aliphatic carbocycles. The number of halogens is 9. The molecule has 0 unspecified atom stereocenters. The van der Waals surface area contributed by atoms with E-state index in [9.17, 15) is 44.3 Å². The van der Waals surface area contributed by atoms with Crippen LogP contribution in [0.15, 0.2) is 60.7 Å². The monoisotopic (exact) mass is 783 g/mol. The highest BCUT2D eigenvalue weighted by molar-refractivity contribution is 5.96. The number of carbonyl (C=O) groups excluding carboxylic acids is 1. The molecule has 1 fully saturated rings. The fourth-order valence-electron chi connectivity index (χ4n) is 5.30. The Morgan fingerprint density at radius 2 is 1.11 bits per heavy atom. The zero-order valence-corrected chi connectivity index (χ0v) is 28.5. The maximum Gasteiger partial charge on any atom is 0.490 e. The quantitative estimate of drug-likeness (QED) is 0.161. The van der Waals surface area contributed by atoms with Crippen molar-refractivity contribution in [3.05, 3.63) is 82.9 Å². The molecule has 3 aromatic rings. The number of fused-ring (bicyclic) bond motifs is 2. The molecule has 1 saturated heterocycles. The molecular formula is C35H38F9N3O7. The van der Waals surface area contributed by atoms with E-state index < -0.39 is 36.4 Å². The van der Waals surface area contributed by atoms with Crippen molar-refractivity contribution in [1.29, 1.82) is 0 Å². The number of hydrogen-bond acceptors (Lipinski definition) is 7. The minimum Gasteiger partial charge on any atom is -0.475 e. The van der Waals surface area contributed by atoms with Gasteiger partial charge in [0.2, 0.25) is 0 Å². The van der Waals surface area contributed by atoms with E-state index in [0.29, 0.717) is 12.2 Å². The van der Waals surface area contributed by atoms with Gasteiger partial charge in [0, 0.05) is 44.7 Å². The van der Waals surface area contributed by atoms with Gasteiger partial charge in [-0.15, -0.1) is 0 Å². The van der Waals surface area contributed by atoms with E-state index in [1.807, 2.05) is 6.07 Å². The summed E-state index contributed by atoms with van der Waals surface area (Å²) in [6.07, 6.45) is -11.6. The zero-order valence-electron chi connectivity index (χ0n) is 28.5. The van der Waals surface area contributed by atoms with Crippen molar-refractivity contribution in [3.8, 4) is 0 Å². The number of carboxylic acid groups (broad SMARTS) is 3. The van der Waals surface area contributed by atoms with Crippen LogP contribution < -0.4 is 5.32 Å². The summed E-state index contributed by atoms with van der Waals surface area (Å²) in [7, 11) is 0. The Morgan fingerprint density at radius 1 is 0.630 bits per heavy atom. The number of Topliss-reactive ketones (excluding diaryl/α,β-unsaturated/α-hetero) is 1. The number of nitrogens with zero attached hydrogens (tertiary/aromatic N) is 2. The number of hydrogen-bond donors (Lipinski definition) is 4. The lowest BCUT2D eigenvalue weighted by molar-refractivity contribution is -0.193. The van der Waals surface area contributed by atoms with E-state index in [4.69, 9.17) is 29.7 Å². The van der Waals surface area contributed by atoms with Gasteiger partial charge in [-0.25, -0.2) is 14.4 Å². The number of carbonyl (C=O) groups is 4. The maximum atomic E-state index is 12.8.